The molecule has 0 unspecified atom stereocenters. The van der Waals surface area contributed by atoms with Gasteiger partial charge in [0.05, 0.1) is 42.2 Å². The maximum Gasteiger partial charge on any atom is 0.220 e. The number of nitrogens with zero attached hydrogens (tertiary/aromatic N) is 3. The van der Waals surface area contributed by atoms with E-state index >= 15 is 0 Å². The van der Waals surface area contributed by atoms with Crippen molar-refractivity contribution in [1.82, 2.24) is 30.8 Å². The molecule has 3 N–H and O–H groups in total. The summed E-state index contributed by atoms with van der Waals surface area (Å²) in [7, 11) is 3.12. The summed E-state index contributed by atoms with van der Waals surface area (Å²) < 4.78 is 11.3. The summed E-state index contributed by atoms with van der Waals surface area (Å²) in [6.07, 6.45) is 3.32. The van der Waals surface area contributed by atoms with Crippen molar-refractivity contribution in [3.63, 3.8) is 0 Å². The van der Waals surface area contributed by atoms with Crippen LogP contribution in [0.15, 0.2) is 60.7 Å². The van der Waals surface area contributed by atoms with Gasteiger partial charge in [-0.05, 0) is 31.0 Å². The molecule has 4 heterocycles. The molecule has 0 saturated carbocycles. The zero-order valence-electron chi connectivity index (χ0n) is 27.8. The van der Waals surface area contributed by atoms with Crippen LogP contribution in [-0.4, -0.2) is 72.5 Å². The molecule has 2 aromatic heterocycles. The predicted octanol–water partition coefficient (Wildman–Crippen LogP) is 5.41. The Bertz CT molecular complexity index is 1910. The van der Waals surface area contributed by atoms with Crippen molar-refractivity contribution in [2.45, 2.75) is 50.9 Å². The average Bonchev–Trinajstić information content (AvgIpc) is 3.75. The first-order chi connectivity index (χ1) is 24.3. The quantitative estimate of drug-likeness (QED) is 0.148. The molecule has 4 aromatic rings. The summed E-state index contributed by atoms with van der Waals surface area (Å²) in [5.74, 6) is 0.944. The Labute approximate surface area is 300 Å². The molecule has 2 aromatic carbocycles. The van der Waals surface area contributed by atoms with Crippen LogP contribution in [0.3, 0.4) is 0 Å². The van der Waals surface area contributed by atoms with E-state index in [1.54, 1.807) is 12.0 Å². The van der Waals surface area contributed by atoms with E-state index in [9.17, 15) is 14.4 Å². The summed E-state index contributed by atoms with van der Waals surface area (Å²) in [5.41, 5.74) is 5.71. The molecule has 13 heteroatoms. The Balaban J connectivity index is 1.22. The maximum atomic E-state index is 11.9. The number of ether oxygens (including phenoxy) is 2. The van der Waals surface area contributed by atoms with E-state index in [0.29, 0.717) is 77.7 Å². The van der Waals surface area contributed by atoms with E-state index in [0.717, 1.165) is 40.6 Å². The number of carbonyl (C=O) groups is 3. The Kier molecular flexibility index (Phi) is 11.2. The van der Waals surface area contributed by atoms with Crippen LogP contribution in [0.2, 0.25) is 10.0 Å². The van der Waals surface area contributed by atoms with E-state index in [1.807, 2.05) is 60.7 Å². The SMILES string of the molecule is COc1nc(-c2cccc(-c3cccc(-c4ccc(CN(C=O)C[C@@H]5CCC(=O)N5)c(OC)n4)c3Cl)c2Cl)ccc1CNC[C@@H]1CCC(=O)N1. The van der Waals surface area contributed by atoms with Gasteiger partial charge in [-0.15, -0.1) is 0 Å². The highest BCUT2D eigenvalue weighted by atomic mass is 35.5. The number of methoxy groups -OCH3 is 2. The number of benzene rings is 2. The summed E-state index contributed by atoms with van der Waals surface area (Å²) in [4.78, 5) is 46.1. The largest absolute Gasteiger partial charge is 0.481 e. The molecule has 11 nitrogen and oxygen atoms in total. The minimum absolute atomic E-state index is 0.000150. The minimum atomic E-state index is -0.0731. The standard InChI is InChI=1S/C37H38Cl2N6O5/c1-49-36-22(17-40-18-24-11-15-32(47)41-24)9-13-30(43-36)28-7-3-5-26(34(28)38)27-6-4-8-29(35(27)39)31-14-10-23(37(44-31)50-2)19-45(21-46)20-25-12-16-33(48)42-25/h3-10,13-14,21,24-25,40H,11-12,15-20H2,1-2H3,(H,41,47)(H,42,48)/t24-,25-/m0/s1. The fraction of sp³-hybridized carbons (Fsp3) is 0.324. The third-order valence-electron chi connectivity index (χ3n) is 8.96. The normalized spacial score (nSPS) is 17.0. The van der Waals surface area contributed by atoms with Crippen LogP contribution in [-0.2, 0) is 27.5 Å². The van der Waals surface area contributed by atoms with Gasteiger partial charge in [0.15, 0.2) is 0 Å². The molecule has 2 aliphatic rings. The van der Waals surface area contributed by atoms with Crippen molar-refractivity contribution in [1.29, 1.82) is 0 Å². The smallest absolute Gasteiger partial charge is 0.220 e. The summed E-state index contributed by atoms with van der Waals surface area (Å²) in [6, 6.07) is 19.0. The van der Waals surface area contributed by atoms with Crippen LogP contribution in [0.25, 0.3) is 33.6 Å². The molecular weight excluding hydrogens is 679 g/mol. The topological polar surface area (TPSA) is 135 Å². The van der Waals surface area contributed by atoms with Crippen molar-refractivity contribution < 1.29 is 23.9 Å². The lowest BCUT2D eigenvalue weighted by Crippen LogP contribution is -2.37. The number of aromatic nitrogens is 2. The van der Waals surface area contributed by atoms with Gasteiger partial charge in [0.25, 0.3) is 0 Å². The number of halogens is 2. The molecule has 260 valence electrons. The molecule has 0 bridgehead atoms. The second-order valence-electron chi connectivity index (χ2n) is 12.3. The van der Waals surface area contributed by atoms with Crippen LogP contribution in [0.4, 0.5) is 0 Å². The second kappa shape index (κ2) is 15.9. The number of rotatable bonds is 14. The summed E-state index contributed by atoms with van der Waals surface area (Å²) in [6.45, 7) is 1.88. The summed E-state index contributed by atoms with van der Waals surface area (Å²) in [5, 5.41) is 10.2. The number of nitrogens with one attached hydrogen (secondary N) is 3. The maximum absolute atomic E-state index is 11.9. The predicted molar refractivity (Wildman–Crippen MR) is 192 cm³/mol. The number of hydrogen-bond acceptors (Lipinski definition) is 8. The molecule has 3 amide bonds. The van der Waals surface area contributed by atoms with Gasteiger partial charge in [0.1, 0.15) is 0 Å². The van der Waals surface area contributed by atoms with Crippen molar-refractivity contribution in [3.8, 4) is 45.4 Å². The zero-order chi connectivity index (χ0) is 35.2. The molecule has 6 rings (SSSR count). The third kappa shape index (κ3) is 7.85. The zero-order valence-corrected chi connectivity index (χ0v) is 29.3. The van der Waals surface area contributed by atoms with Gasteiger partial charge in [0, 0.05) is 77.9 Å². The van der Waals surface area contributed by atoms with Gasteiger partial charge in [-0.3, -0.25) is 14.4 Å². The molecule has 2 fully saturated rings. The molecule has 0 aliphatic carbocycles. The Hall–Kier alpha value is -4.71. The molecule has 2 aliphatic heterocycles. The first-order valence-corrected chi connectivity index (χ1v) is 17.2. The monoisotopic (exact) mass is 716 g/mol. The van der Waals surface area contributed by atoms with Crippen molar-refractivity contribution in [2.24, 2.45) is 0 Å². The molecule has 0 radical (unpaired) electrons. The lowest BCUT2D eigenvalue weighted by Gasteiger charge is -2.22. The van der Waals surface area contributed by atoms with Crippen LogP contribution in [0.1, 0.15) is 36.8 Å². The van der Waals surface area contributed by atoms with Gasteiger partial charge in [0.2, 0.25) is 30.0 Å². The van der Waals surface area contributed by atoms with Gasteiger partial charge < -0.3 is 30.3 Å². The van der Waals surface area contributed by atoms with Crippen LogP contribution in [0.5, 0.6) is 11.8 Å². The second-order valence-corrected chi connectivity index (χ2v) is 13.1. The van der Waals surface area contributed by atoms with Crippen LogP contribution < -0.4 is 25.4 Å². The molecular formula is C37H38Cl2N6O5. The number of amides is 3. The number of hydrogen-bond donors (Lipinski definition) is 3. The molecule has 2 saturated heterocycles. The van der Waals surface area contributed by atoms with Crippen LogP contribution >= 0.6 is 23.2 Å². The van der Waals surface area contributed by atoms with Crippen molar-refractivity contribution in [2.75, 3.05) is 27.3 Å². The van der Waals surface area contributed by atoms with Crippen molar-refractivity contribution >= 4 is 41.4 Å². The first kappa shape index (κ1) is 35.1. The van der Waals surface area contributed by atoms with E-state index in [1.165, 1.54) is 7.11 Å². The van der Waals surface area contributed by atoms with E-state index in [-0.39, 0.29) is 30.4 Å². The van der Waals surface area contributed by atoms with Gasteiger partial charge in [-0.2, -0.15) is 0 Å². The number of pyridine rings is 2. The lowest BCUT2D eigenvalue weighted by atomic mass is 9.98. The van der Waals surface area contributed by atoms with Crippen LogP contribution in [0, 0.1) is 0 Å². The Morgan fingerprint density at radius 3 is 1.82 bits per heavy atom. The molecule has 2 atom stereocenters. The van der Waals surface area contributed by atoms with E-state index in [4.69, 9.17) is 42.6 Å². The summed E-state index contributed by atoms with van der Waals surface area (Å²) >= 11 is 14.1. The Morgan fingerprint density at radius 1 is 0.780 bits per heavy atom. The van der Waals surface area contributed by atoms with Gasteiger partial charge in [-0.25, -0.2) is 9.97 Å². The van der Waals surface area contributed by atoms with Gasteiger partial charge in [-0.1, -0.05) is 65.7 Å². The van der Waals surface area contributed by atoms with E-state index < -0.39 is 0 Å². The molecule has 50 heavy (non-hydrogen) atoms. The Morgan fingerprint density at radius 2 is 1.30 bits per heavy atom. The van der Waals surface area contributed by atoms with E-state index in [2.05, 4.69) is 16.0 Å². The fourth-order valence-corrected chi connectivity index (χ4v) is 7.04. The van der Waals surface area contributed by atoms with Gasteiger partial charge >= 0.3 is 0 Å². The third-order valence-corrected chi connectivity index (χ3v) is 9.77. The highest BCUT2D eigenvalue weighted by Crippen LogP contribution is 2.42. The lowest BCUT2D eigenvalue weighted by molar-refractivity contribution is -0.121. The minimum Gasteiger partial charge on any atom is -0.481 e. The first-order valence-electron chi connectivity index (χ1n) is 16.4. The molecule has 0 spiro atoms. The highest BCUT2D eigenvalue weighted by molar-refractivity contribution is 6.39. The highest BCUT2D eigenvalue weighted by Gasteiger charge is 2.24. The number of carbonyl (C=O) groups excluding carboxylic acids is 3. The van der Waals surface area contributed by atoms with Crippen molar-refractivity contribution in [3.05, 3.63) is 81.8 Å². The fourth-order valence-electron chi connectivity index (χ4n) is 6.40. The average molecular weight is 718 g/mol.